The third-order valence-electron chi connectivity index (χ3n) is 5.47. The second kappa shape index (κ2) is 13.4. The fraction of sp³-hybridized carbons (Fsp3) is 0.565. The van der Waals surface area contributed by atoms with E-state index in [9.17, 15) is 40.7 Å². The number of Topliss-reactive ketones (excluding diaryl/α,β-unsaturated/α-hetero) is 1. The Morgan fingerprint density at radius 2 is 1.56 bits per heavy atom. The van der Waals surface area contributed by atoms with Crippen molar-refractivity contribution in [2.75, 3.05) is 25.5 Å². The van der Waals surface area contributed by atoms with Crippen molar-refractivity contribution in [3.8, 4) is 0 Å². The van der Waals surface area contributed by atoms with Gasteiger partial charge in [-0.2, -0.15) is 26.3 Å². The highest BCUT2D eigenvalue weighted by molar-refractivity contribution is 6.04. The van der Waals surface area contributed by atoms with E-state index in [4.69, 9.17) is 5.73 Å². The minimum Gasteiger partial charge on any atom is -0.377 e. The Labute approximate surface area is 205 Å². The number of nitrogens with two attached hydrogens (primary N) is 1. The van der Waals surface area contributed by atoms with Crippen LogP contribution in [-0.4, -0.2) is 62.8 Å². The number of para-hydroxylation sites is 1. The molecule has 13 heteroatoms. The number of aliphatic imine (C=N–C) groups is 1. The molecule has 1 rings (SSSR count). The predicted octanol–water partition coefficient (Wildman–Crippen LogP) is 3.65. The van der Waals surface area contributed by atoms with E-state index in [2.05, 4.69) is 10.3 Å². The first-order chi connectivity index (χ1) is 16.6. The van der Waals surface area contributed by atoms with Crippen LogP contribution in [0.1, 0.15) is 38.2 Å². The van der Waals surface area contributed by atoms with Crippen molar-refractivity contribution in [1.82, 2.24) is 5.32 Å². The number of alkyl halides is 6. The molecule has 0 aromatic heterocycles. The summed E-state index contributed by atoms with van der Waals surface area (Å²) in [5, 5.41) is 2.49. The van der Waals surface area contributed by atoms with Gasteiger partial charge in [0.25, 0.3) is 0 Å². The summed E-state index contributed by atoms with van der Waals surface area (Å²) >= 11 is 0. The van der Waals surface area contributed by atoms with E-state index in [0.717, 1.165) is 5.69 Å². The van der Waals surface area contributed by atoms with Crippen molar-refractivity contribution in [1.29, 1.82) is 0 Å². The number of aldehydes is 1. The van der Waals surface area contributed by atoms with Crippen LogP contribution in [0.3, 0.4) is 0 Å². The number of hydrogen-bond acceptors (Lipinski definition) is 6. The number of hydrogen-bond donors (Lipinski definition) is 2. The molecule has 36 heavy (non-hydrogen) atoms. The average molecular weight is 525 g/mol. The zero-order chi connectivity index (χ0) is 27.7. The maximum atomic E-state index is 12.8. The van der Waals surface area contributed by atoms with Gasteiger partial charge in [0.05, 0.1) is 6.54 Å². The first-order valence-corrected chi connectivity index (χ1v) is 11.0. The molecule has 0 saturated carbocycles. The number of benzene rings is 1. The van der Waals surface area contributed by atoms with Crippen LogP contribution in [0.5, 0.6) is 0 Å². The van der Waals surface area contributed by atoms with Gasteiger partial charge in [-0.25, -0.2) is 0 Å². The number of nitrogens with one attached hydrogen (secondary N) is 1. The molecule has 0 aliphatic carbocycles. The lowest BCUT2D eigenvalue weighted by Gasteiger charge is -2.25. The number of halogens is 6. The molecule has 3 unspecified atom stereocenters. The molecule has 0 aliphatic heterocycles. The smallest absolute Gasteiger partial charge is 0.377 e. The Morgan fingerprint density at radius 1 is 1.03 bits per heavy atom. The van der Waals surface area contributed by atoms with E-state index in [0.29, 0.717) is 17.6 Å². The van der Waals surface area contributed by atoms with Crippen molar-refractivity contribution in [2.45, 2.75) is 51.1 Å². The average Bonchev–Trinajstić information content (AvgIpc) is 2.76. The van der Waals surface area contributed by atoms with Crippen LogP contribution in [0.25, 0.3) is 0 Å². The summed E-state index contributed by atoms with van der Waals surface area (Å²) in [5.41, 5.74) is 7.05. The minimum absolute atomic E-state index is 0.370. The highest BCUT2D eigenvalue weighted by atomic mass is 19.4. The number of rotatable bonds is 14. The molecule has 1 aromatic rings. The topological polar surface area (TPSA) is 105 Å². The van der Waals surface area contributed by atoms with Crippen molar-refractivity contribution in [3.63, 3.8) is 0 Å². The lowest BCUT2D eigenvalue weighted by molar-refractivity contribution is -0.151. The van der Waals surface area contributed by atoms with E-state index in [1.165, 1.54) is 0 Å². The number of carbonyl (C=O) groups excluding carboxylic acids is 3. The summed E-state index contributed by atoms with van der Waals surface area (Å²) < 4.78 is 76.4. The van der Waals surface area contributed by atoms with Crippen LogP contribution < -0.4 is 16.0 Å². The van der Waals surface area contributed by atoms with Crippen molar-refractivity contribution in [2.24, 2.45) is 22.6 Å². The molecular formula is C23H30F6N4O3. The van der Waals surface area contributed by atoms with Crippen LogP contribution >= 0.6 is 0 Å². The van der Waals surface area contributed by atoms with Gasteiger partial charge in [0, 0.05) is 55.7 Å². The fourth-order valence-electron chi connectivity index (χ4n) is 3.67. The molecule has 7 nitrogen and oxygen atoms in total. The van der Waals surface area contributed by atoms with Crippen LogP contribution in [-0.2, 0) is 14.4 Å². The Kier molecular flexibility index (Phi) is 11.5. The Balaban J connectivity index is 3.08. The molecule has 1 aromatic carbocycles. The first-order valence-electron chi connectivity index (χ1n) is 11.0. The lowest BCUT2D eigenvalue weighted by Crippen LogP contribution is -2.42. The van der Waals surface area contributed by atoms with E-state index in [-0.39, 0.29) is 0 Å². The van der Waals surface area contributed by atoms with Gasteiger partial charge < -0.3 is 10.6 Å². The Hall–Kier alpha value is -2.96. The van der Waals surface area contributed by atoms with Gasteiger partial charge in [0.1, 0.15) is 0 Å². The highest BCUT2D eigenvalue weighted by Crippen LogP contribution is 2.32. The van der Waals surface area contributed by atoms with Crippen LogP contribution in [0, 0.1) is 11.8 Å². The summed E-state index contributed by atoms with van der Waals surface area (Å²) in [7, 11) is 3.60. The number of carbonyl (C=O) groups is 3. The predicted molar refractivity (Wildman–Crippen MR) is 123 cm³/mol. The molecule has 3 atom stereocenters. The first kappa shape index (κ1) is 31.1. The van der Waals surface area contributed by atoms with Crippen LogP contribution in [0.4, 0.5) is 32.0 Å². The third-order valence-corrected chi connectivity index (χ3v) is 5.47. The molecule has 0 radical (unpaired) electrons. The summed E-state index contributed by atoms with van der Waals surface area (Å²) in [6, 6.07) is 7.13. The van der Waals surface area contributed by atoms with Crippen molar-refractivity contribution >= 4 is 29.4 Å². The molecule has 0 heterocycles. The normalized spacial score (nSPS) is 15.2. The standard InChI is InChI=1S/C23H30F6N4O3/c1-14(15-6-4-5-7-18(15)33(2)3)32-20(13-34)31-12-19(35)16(8-10-22(24,25)26)17(21(30)36)9-11-23(27,28)29/h4-7,13,16-17,20,31H,8-12H2,1-3H3,(H2,30,36)/b32-14-. The Bertz CT molecular complexity index is 931. The molecule has 202 valence electrons. The van der Waals surface area contributed by atoms with Gasteiger partial charge in [-0.15, -0.1) is 0 Å². The molecule has 0 aliphatic rings. The number of nitrogens with zero attached hydrogens (tertiary/aromatic N) is 2. The molecule has 0 fully saturated rings. The SMILES string of the molecule is C/C(=N/C(C=O)NCC(=O)C(CCC(F)(F)F)C(CCC(F)(F)F)C(N)=O)c1ccccc1N(C)C. The molecule has 3 N–H and O–H groups in total. The number of amides is 1. The van der Waals surface area contributed by atoms with Gasteiger partial charge >= 0.3 is 12.4 Å². The van der Waals surface area contributed by atoms with Gasteiger partial charge in [-0.1, -0.05) is 18.2 Å². The quantitative estimate of drug-likeness (QED) is 0.220. The van der Waals surface area contributed by atoms with Crippen molar-refractivity contribution < 1.29 is 40.7 Å². The van der Waals surface area contributed by atoms with E-state index >= 15 is 0 Å². The van der Waals surface area contributed by atoms with Gasteiger partial charge in [-0.3, -0.25) is 24.7 Å². The van der Waals surface area contributed by atoms with E-state index in [1.54, 1.807) is 39.2 Å². The molecule has 0 spiro atoms. The monoisotopic (exact) mass is 524 g/mol. The summed E-state index contributed by atoms with van der Waals surface area (Å²) in [5.74, 6) is -5.75. The maximum Gasteiger partial charge on any atom is 0.389 e. The van der Waals surface area contributed by atoms with E-state index in [1.807, 2.05) is 11.0 Å². The maximum absolute atomic E-state index is 12.8. The molecule has 1 amide bonds. The zero-order valence-electron chi connectivity index (χ0n) is 20.1. The fourth-order valence-corrected chi connectivity index (χ4v) is 3.67. The second-order valence-corrected chi connectivity index (χ2v) is 8.48. The van der Waals surface area contributed by atoms with Crippen LogP contribution in [0.15, 0.2) is 29.3 Å². The summed E-state index contributed by atoms with van der Waals surface area (Å²) in [6.07, 6.45) is -15.1. The van der Waals surface area contributed by atoms with Gasteiger partial charge in [0.2, 0.25) is 5.91 Å². The lowest BCUT2D eigenvalue weighted by atomic mass is 9.81. The van der Waals surface area contributed by atoms with Gasteiger partial charge in [-0.05, 0) is 25.8 Å². The van der Waals surface area contributed by atoms with Crippen molar-refractivity contribution in [3.05, 3.63) is 29.8 Å². The molecule has 0 saturated heterocycles. The third kappa shape index (κ3) is 10.8. The second-order valence-electron chi connectivity index (χ2n) is 8.48. The number of anilines is 1. The molecular weight excluding hydrogens is 494 g/mol. The van der Waals surface area contributed by atoms with Crippen LogP contribution in [0.2, 0.25) is 0 Å². The zero-order valence-corrected chi connectivity index (χ0v) is 20.1. The Morgan fingerprint density at radius 3 is 2.03 bits per heavy atom. The van der Waals surface area contributed by atoms with Gasteiger partial charge in [0.15, 0.2) is 18.2 Å². The summed E-state index contributed by atoms with van der Waals surface area (Å²) in [6.45, 7) is 0.919. The largest absolute Gasteiger partial charge is 0.389 e. The summed E-state index contributed by atoms with van der Waals surface area (Å²) in [4.78, 5) is 42.1. The number of ketones is 1. The van der Waals surface area contributed by atoms with E-state index < -0.39 is 74.3 Å². The molecule has 0 bridgehead atoms. The number of primary amides is 1. The highest BCUT2D eigenvalue weighted by Gasteiger charge is 2.39. The minimum atomic E-state index is -4.70.